The molecule has 1 aromatic heterocycles. The van der Waals surface area contributed by atoms with Crippen LogP contribution in [0.15, 0.2) is 29.0 Å². The summed E-state index contributed by atoms with van der Waals surface area (Å²) in [6.45, 7) is 0. The van der Waals surface area contributed by atoms with Crippen LogP contribution in [0.3, 0.4) is 0 Å². The van der Waals surface area contributed by atoms with E-state index in [1.807, 2.05) is 22.9 Å². The van der Waals surface area contributed by atoms with E-state index >= 15 is 0 Å². The fraction of sp³-hybridized carbons (Fsp3) is 0.200. The van der Waals surface area contributed by atoms with Crippen molar-refractivity contribution in [1.29, 1.82) is 0 Å². The van der Waals surface area contributed by atoms with Crippen LogP contribution in [0, 0.1) is 5.41 Å². The van der Waals surface area contributed by atoms with E-state index in [0.717, 1.165) is 4.88 Å². The summed E-state index contributed by atoms with van der Waals surface area (Å²) in [4.78, 5) is 24.0. The first-order chi connectivity index (χ1) is 7.25. The van der Waals surface area contributed by atoms with Crippen LogP contribution in [-0.4, -0.2) is 11.9 Å². The van der Waals surface area contributed by atoms with Gasteiger partial charge in [0.2, 0.25) is 5.41 Å². The average molecular weight is 238 g/mol. The van der Waals surface area contributed by atoms with Gasteiger partial charge in [-0.05, 0) is 22.9 Å². The Bertz CT molecular complexity index is 447. The Morgan fingerprint density at radius 1 is 1.33 bits per heavy atom. The van der Waals surface area contributed by atoms with Crippen LogP contribution in [0.5, 0.6) is 0 Å². The van der Waals surface area contributed by atoms with Crippen LogP contribution < -0.4 is 0 Å². The lowest BCUT2D eigenvalue weighted by Gasteiger charge is -2.35. The van der Waals surface area contributed by atoms with Crippen molar-refractivity contribution in [1.82, 2.24) is 0 Å². The highest BCUT2D eigenvalue weighted by molar-refractivity contribution is 8.02. The maximum Gasteiger partial charge on any atom is 0.336 e. The zero-order valence-corrected chi connectivity index (χ0v) is 9.14. The van der Waals surface area contributed by atoms with Gasteiger partial charge in [-0.2, -0.15) is 0 Å². The van der Waals surface area contributed by atoms with E-state index in [0.29, 0.717) is 0 Å². The smallest absolute Gasteiger partial charge is 0.336 e. The molecule has 0 saturated carbocycles. The molecule has 0 N–H and O–H groups in total. The maximum atomic E-state index is 11.5. The summed E-state index contributed by atoms with van der Waals surface area (Å²) in [5.41, 5.74) is -1.03. The third-order valence-corrected chi connectivity index (χ3v) is 4.90. The van der Waals surface area contributed by atoms with Crippen molar-refractivity contribution in [3.63, 3.8) is 0 Å². The van der Waals surface area contributed by atoms with Crippen molar-refractivity contribution < 1.29 is 14.3 Å². The second kappa shape index (κ2) is 2.96. The number of thiophene rings is 1. The quantitative estimate of drug-likeness (QED) is 0.555. The van der Waals surface area contributed by atoms with Crippen molar-refractivity contribution >= 4 is 35.0 Å². The normalized spacial score (nSPS) is 26.8. The van der Waals surface area contributed by atoms with E-state index in [-0.39, 0.29) is 5.25 Å². The van der Waals surface area contributed by atoms with E-state index in [4.69, 9.17) is 0 Å². The Morgan fingerprint density at radius 3 is 2.73 bits per heavy atom. The third kappa shape index (κ3) is 1.02. The highest BCUT2D eigenvalue weighted by Crippen LogP contribution is 2.57. The molecule has 0 amide bonds. The molecule has 76 valence electrons. The molecule has 3 rings (SSSR count). The number of esters is 2. The molecule has 2 aliphatic heterocycles. The Balaban J connectivity index is 2.05. The van der Waals surface area contributed by atoms with Crippen molar-refractivity contribution in [2.75, 3.05) is 0 Å². The highest BCUT2D eigenvalue weighted by atomic mass is 32.2. The number of rotatable bonds is 1. The number of cyclic esters (lactones) is 2. The van der Waals surface area contributed by atoms with Gasteiger partial charge in [0.1, 0.15) is 0 Å². The van der Waals surface area contributed by atoms with Crippen molar-refractivity contribution in [3.05, 3.63) is 33.9 Å². The molecule has 1 atom stereocenters. The molecular formula is C10H6O3S2. The summed E-state index contributed by atoms with van der Waals surface area (Å²) in [6, 6.07) is 3.86. The summed E-state index contributed by atoms with van der Waals surface area (Å²) in [5, 5.41) is 3.62. The van der Waals surface area contributed by atoms with Crippen LogP contribution in [-0.2, 0) is 14.3 Å². The maximum absolute atomic E-state index is 11.5. The number of ether oxygens (including phenoxy) is 1. The average Bonchev–Trinajstić information content (AvgIpc) is 2.88. The van der Waals surface area contributed by atoms with E-state index in [9.17, 15) is 9.59 Å². The largest absolute Gasteiger partial charge is 0.391 e. The summed E-state index contributed by atoms with van der Waals surface area (Å²) >= 11 is 3.05. The lowest BCUT2D eigenvalue weighted by molar-refractivity contribution is -0.191. The van der Waals surface area contributed by atoms with Gasteiger partial charge in [0.05, 0.1) is 5.25 Å². The first-order valence-corrected chi connectivity index (χ1v) is 6.20. The van der Waals surface area contributed by atoms with Gasteiger partial charge in [-0.15, -0.1) is 23.1 Å². The third-order valence-electron chi connectivity index (χ3n) is 2.62. The first-order valence-electron chi connectivity index (χ1n) is 4.38. The predicted molar refractivity (Wildman–Crippen MR) is 57.3 cm³/mol. The van der Waals surface area contributed by atoms with Gasteiger partial charge >= 0.3 is 11.9 Å². The predicted octanol–water partition coefficient (Wildman–Crippen LogP) is 2.12. The molecule has 1 aromatic rings. The molecule has 5 heteroatoms. The molecule has 1 fully saturated rings. The number of carbonyl (C=O) groups is 2. The second-order valence-electron chi connectivity index (χ2n) is 3.38. The van der Waals surface area contributed by atoms with Gasteiger partial charge in [0, 0.05) is 4.88 Å². The standard InChI is InChI=1S/C10H6O3S2/c11-8-10(9(12)13-8)3-5-15-7(10)6-2-1-4-14-6/h1-5,7H/t7-/m1/s1. The summed E-state index contributed by atoms with van der Waals surface area (Å²) < 4.78 is 4.47. The van der Waals surface area contributed by atoms with Gasteiger partial charge < -0.3 is 4.74 Å². The number of thioether (sulfide) groups is 1. The molecule has 0 aromatic carbocycles. The Morgan fingerprint density at radius 2 is 2.13 bits per heavy atom. The molecular weight excluding hydrogens is 232 g/mol. The Hall–Kier alpha value is -1.07. The van der Waals surface area contributed by atoms with Gasteiger partial charge in [0.15, 0.2) is 0 Å². The fourth-order valence-corrected chi connectivity index (χ4v) is 4.05. The minimum Gasteiger partial charge on any atom is -0.391 e. The fourth-order valence-electron chi connectivity index (χ4n) is 1.79. The molecule has 15 heavy (non-hydrogen) atoms. The molecule has 0 unspecified atom stereocenters. The van der Waals surface area contributed by atoms with E-state index in [2.05, 4.69) is 4.74 Å². The van der Waals surface area contributed by atoms with Crippen molar-refractivity contribution in [3.8, 4) is 0 Å². The van der Waals surface area contributed by atoms with Gasteiger partial charge in [-0.3, -0.25) is 0 Å². The molecule has 0 radical (unpaired) electrons. The van der Waals surface area contributed by atoms with E-state index in [1.165, 1.54) is 11.8 Å². The molecule has 3 heterocycles. The van der Waals surface area contributed by atoms with Crippen LogP contribution >= 0.6 is 23.1 Å². The molecule has 3 nitrogen and oxygen atoms in total. The Kier molecular flexibility index (Phi) is 1.81. The van der Waals surface area contributed by atoms with Crippen molar-refractivity contribution in [2.45, 2.75) is 5.25 Å². The van der Waals surface area contributed by atoms with Crippen LogP contribution in [0.1, 0.15) is 10.1 Å². The molecule has 0 aliphatic carbocycles. The summed E-state index contributed by atoms with van der Waals surface area (Å²) in [6.07, 6.45) is 1.66. The SMILES string of the molecule is O=C1OC(=O)C12C=CS[C@@H]2c1cccs1. The molecule has 1 spiro atoms. The van der Waals surface area contributed by atoms with Crippen LogP contribution in [0.4, 0.5) is 0 Å². The topological polar surface area (TPSA) is 43.4 Å². The van der Waals surface area contributed by atoms with Crippen molar-refractivity contribution in [2.24, 2.45) is 5.41 Å². The summed E-state index contributed by atoms with van der Waals surface area (Å²) in [5.74, 6) is -0.848. The number of hydrogen-bond donors (Lipinski definition) is 0. The highest BCUT2D eigenvalue weighted by Gasteiger charge is 2.64. The second-order valence-corrected chi connectivity index (χ2v) is 5.38. The Labute approximate surface area is 94.1 Å². The lowest BCUT2D eigenvalue weighted by Crippen LogP contribution is -2.53. The van der Waals surface area contributed by atoms with Crippen LogP contribution in [0.25, 0.3) is 0 Å². The zero-order chi connectivity index (χ0) is 10.5. The van der Waals surface area contributed by atoms with Crippen LogP contribution in [0.2, 0.25) is 0 Å². The van der Waals surface area contributed by atoms with Gasteiger partial charge in [0.25, 0.3) is 0 Å². The molecule has 2 aliphatic rings. The zero-order valence-electron chi connectivity index (χ0n) is 7.51. The van der Waals surface area contributed by atoms with Gasteiger partial charge in [-0.1, -0.05) is 6.07 Å². The number of carbonyl (C=O) groups excluding carboxylic acids is 2. The first kappa shape index (κ1) is 9.18. The minimum absolute atomic E-state index is 0.133. The lowest BCUT2D eigenvalue weighted by atomic mass is 9.80. The van der Waals surface area contributed by atoms with E-state index < -0.39 is 17.4 Å². The van der Waals surface area contributed by atoms with Gasteiger partial charge in [-0.25, -0.2) is 9.59 Å². The molecule has 1 saturated heterocycles. The van der Waals surface area contributed by atoms with E-state index in [1.54, 1.807) is 17.4 Å². The molecule has 0 bridgehead atoms. The summed E-state index contributed by atoms with van der Waals surface area (Å²) in [7, 11) is 0. The monoisotopic (exact) mass is 238 g/mol. The number of hydrogen-bond acceptors (Lipinski definition) is 5. The minimum atomic E-state index is -1.03.